The van der Waals surface area contributed by atoms with Crippen LogP contribution >= 0.6 is 0 Å². The normalized spacial score (nSPS) is 11.8. The first-order valence-corrected chi connectivity index (χ1v) is 12.9. The SMILES string of the molecule is COc1cccc(CCNC(=O)[C@H](C)CC(=O)NC(c2ccccc2)(c2ccccc2)c2ccccc2)c1. The molecule has 38 heavy (non-hydrogen) atoms. The predicted octanol–water partition coefficient (Wildman–Crippen LogP) is 5.49. The molecule has 0 fully saturated rings. The maximum atomic E-state index is 13.6. The molecule has 2 N–H and O–H groups in total. The van der Waals surface area contributed by atoms with Gasteiger partial charge in [-0.2, -0.15) is 0 Å². The lowest BCUT2D eigenvalue weighted by Gasteiger charge is -2.37. The van der Waals surface area contributed by atoms with E-state index in [2.05, 4.69) is 10.6 Å². The van der Waals surface area contributed by atoms with Crippen LogP contribution in [-0.4, -0.2) is 25.5 Å². The van der Waals surface area contributed by atoms with Crippen molar-refractivity contribution in [2.75, 3.05) is 13.7 Å². The number of nitrogens with one attached hydrogen (secondary N) is 2. The monoisotopic (exact) mass is 506 g/mol. The molecular weight excluding hydrogens is 472 g/mol. The molecule has 0 bridgehead atoms. The zero-order valence-electron chi connectivity index (χ0n) is 21.9. The van der Waals surface area contributed by atoms with Gasteiger partial charge in [0.2, 0.25) is 11.8 Å². The molecule has 0 aliphatic carbocycles. The molecule has 0 saturated carbocycles. The summed E-state index contributed by atoms with van der Waals surface area (Å²) in [4.78, 5) is 26.4. The molecule has 5 heteroatoms. The number of methoxy groups -OCH3 is 1. The fraction of sp³-hybridized carbons (Fsp3) is 0.212. The summed E-state index contributed by atoms with van der Waals surface area (Å²) in [6.07, 6.45) is 0.750. The minimum Gasteiger partial charge on any atom is -0.497 e. The Hall–Kier alpha value is -4.38. The molecule has 4 aromatic rings. The molecule has 0 spiro atoms. The van der Waals surface area contributed by atoms with Crippen molar-refractivity contribution in [3.63, 3.8) is 0 Å². The maximum Gasteiger partial charge on any atom is 0.223 e. The predicted molar refractivity (Wildman–Crippen MR) is 151 cm³/mol. The van der Waals surface area contributed by atoms with Crippen molar-refractivity contribution in [1.29, 1.82) is 0 Å². The van der Waals surface area contributed by atoms with E-state index in [1.807, 2.05) is 115 Å². The van der Waals surface area contributed by atoms with Gasteiger partial charge in [-0.3, -0.25) is 9.59 Å². The minimum absolute atomic E-state index is 0.0687. The number of hydrogen-bond donors (Lipinski definition) is 2. The van der Waals surface area contributed by atoms with Crippen LogP contribution in [0.15, 0.2) is 115 Å². The summed E-state index contributed by atoms with van der Waals surface area (Å²) < 4.78 is 5.27. The topological polar surface area (TPSA) is 67.4 Å². The van der Waals surface area contributed by atoms with Gasteiger partial charge in [0, 0.05) is 18.9 Å². The number of hydrogen-bond acceptors (Lipinski definition) is 3. The van der Waals surface area contributed by atoms with Crippen molar-refractivity contribution in [2.45, 2.75) is 25.3 Å². The van der Waals surface area contributed by atoms with Crippen LogP contribution < -0.4 is 15.4 Å². The van der Waals surface area contributed by atoms with E-state index in [9.17, 15) is 9.59 Å². The Bertz CT molecular complexity index is 1230. The van der Waals surface area contributed by atoms with Crippen LogP contribution in [0.4, 0.5) is 0 Å². The summed E-state index contributed by atoms with van der Waals surface area (Å²) in [5.41, 5.74) is 3.01. The van der Waals surface area contributed by atoms with Gasteiger partial charge in [0.05, 0.1) is 7.11 Å². The van der Waals surface area contributed by atoms with E-state index in [0.29, 0.717) is 13.0 Å². The third-order valence-electron chi connectivity index (χ3n) is 6.73. The van der Waals surface area contributed by atoms with Crippen molar-refractivity contribution in [3.8, 4) is 5.75 Å². The highest BCUT2D eigenvalue weighted by Gasteiger charge is 2.38. The highest BCUT2D eigenvalue weighted by molar-refractivity contribution is 5.86. The van der Waals surface area contributed by atoms with Gasteiger partial charge in [0.1, 0.15) is 11.3 Å². The second-order valence-electron chi connectivity index (χ2n) is 9.39. The van der Waals surface area contributed by atoms with Gasteiger partial charge in [0.25, 0.3) is 0 Å². The van der Waals surface area contributed by atoms with Crippen LogP contribution in [0, 0.1) is 5.92 Å². The zero-order valence-corrected chi connectivity index (χ0v) is 21.9. The van der Waals surface area contributed by atoms with Crippen LogP contribution in [0.25, 0.3) is 0 Å². The summed E-state index contributed by atoms with van der Waals surface area (Å²) >= 11 is 0. The van der Waals surface area contributed by atoms with E-state index in [4.69, 9.17) is 4.74 Å². The van der Waals surface area contributed by atoms with E-state index in [1.165, 1.54) is 0 Å². The van der Waals surface area contributed by atoms with Gasteiger partial charge in [-0.1, -0.05) is 110 Å². The van der Waals surface area contributed by atoms with Gasteiger partial charge < -0.3 is 15.4 Å². The lowest BCUT2D eigenvalue weighted by atomic mass is 9.76. The molecule has 0 saturated heterocycles. The van der Waals surface area contributed by atoms with Gasteiger partial charge in [-0.25, -0.2) is 0 Å². The Morgan fingerprint density at radius 2 is 1.29 bits per heavy atom. The third kappa shape index (κ3) is 6.30. The fourth-order valence-electron chi connectivity index (χ4n) is 4.74. The number of carbonyl (C=O) groups excluding carboxylic acids is 2. The fourth-order valence-corrected chi connectivity index (χ4v) is 4.74. The smallest absolute Gasteiger partial charge is 0.223 e. The zero-order chi connectivity index (χ0) is 26.8. The highest BCUT2D eigenvalue weighted by atomic mass is 16.5. The highest BCUT2D eigenvalue weighted by Crippen LogP contribution is 2.37. The molecule has 0 unspecified atom stereocenters. The Labute approximate surface area is 224 Å². The molecule has 0 aliphatic rings. The number of benzene rings is 4. The quantitative estimate of drug-likeness (QED) is 0.265. The summed E-state index contributed by atoms with van der Waals surface area (Å²) in [6, 6.07) is 37.6. The van der Waals surface area contributed by atoms with E-state index in [1.54, 1.807) is 14.0 Å². The van der Waals surface area contributed by atoms with Crippen LogP contribution in [0.3, 0.4) is 0 Å². The summed E-state index contributed by atoms with van der Waals surface area (Å²) in [5.74, 6) is -0.0392. The molecule has 0 radical (unpaired) electrons. The van der Waals surface area contributed by atoms with Gasteiger partial charge in [-0.15, -0.1) is 0 Å². The molecule has 4 aromatic carbocycles. The number of amides is 2. The largest absolute Gasteiger partial charge is 0.497 e. The van der Waals surface area contributed by atoms with Crippen molar-refractivity contribution >= 4 is 11.8 Å². The van der Waals surface area contributed by atoms with Crippen LogP contribution in [0.2, 0.25) is 0 Å². The third-order valence-corrected chi connectivity index (χ3v) is 6.73. The number of ether oxygens (including phenoxy) is 1. The van der Waals surface area contributed by atoms with Crippen LogP contribution in [0.1, 0.15) is 35.6 Å². The second kappa shape index (κ2) is 12.7. The van der Waals surface area contributed by atoms with Gasteiger partial charge >= 0.3 is 0 Å². The van der Waals surface area contributed by atoms with E-state index in [-0.39, 0.29) is 18.2 Å². The molecule has 0 aromatic heterocycles. The minimum atomic E-state index is -0.899. The molecule has 4 rings (SSSR count). The molecule has 2 amide bonds. The summed E-state index contributed by atoms with van der Waals surface area (Å²) in [5, 5.41) is 6.30. The maximum absolute atomic E-state index is 13.6. The Balaban J connectivity index is 1.50. The first-order valence-electron chi connectivity index (χ1n) is 12.9. The molecular formula is C33H34N2O3. The van der Waals surface area contributed by atoms with Gasteiger partial charge in [0.15, 0.2) is 0 Å². The van der Waals surface area contributed by atoms with Crippen molar-refractivity contribution in [2.24, 2.45) is 5.92 Å². The number of rotatable bonds is 11. The first kappa shape index (κ1) is 26.7. The molecule has 0 heterocycles. The van der Waals surface area contributed by atoms with Gasteiger partial charge in [-0.05, 0) is 40.8 Å². The molecule has 0 aliphatic heterocycles. The van der Waals surface area contributed by atoms with E-state index in [0.717, 1.165) is 28.0 Å². The Morgan fingerprint density at radius 1 is 0.763 bits per heavy atom. The summed E-state index contributed by atoms with van der Waals surface area (Å²) in [7, 11) is 1.63. The lowest BCUT2D eigenvalue weighted by Crippen LogP contribution is -2.48. The molecule has 1 atom stereocenters. The second-order valence-corrected chi connectivity index (χ2v) is 9.39. The lowest BCUT2D eigenvalue weighted by molar-refractivity contribution is -0.130. The summed E-state index contributed by atoms with van der Waals surface area (Å²) in [6.45, 7) is 2.27. The average molecular weight is 507 g/mol. The van der Waals surface area contributed by atoms with E-state index < -0.39 is 11.5 Å². The van der Waals surface area contributed by atoms with E-state index >= 15 is 0 Å². The van der Waals surface area contributed by atoms with Crippen LogP contribution in [0.5, 0.6) is 5.75 Å². The standard InChI is InChI=1S/C33H34N2O3/c1-25(32(37)34-22-21-26-13-12-20-30(24-26)38-2)23-31(36)35-33(27-14-6-3-7-15-27,28-16-8-4-9-17-28)29-18-10-5-11-19-29/h3-20,24-25H,21-23H2,1-2H3,(H,34,37)(H,35,36)/t25-/m1/s1. The molecule has 194 valence electrons. The van der Waals surface area contributed by atoms with Crippen molar-refractivity contribution < 1.29 is 14.3 Å². The number of carbonyl (C=O) groups is 2. The van der Waals surface area contributed by atoms with Crippen molar-refractivity contribution in [3.05, 3.63) is 138 Å². The Kier molecular flexibility index (Phi) is 8.94. The molecule has 5 nitrogen and oxygen atoms in total. The van der Waals surface area contributed by atoms with Crippen molar-refractivity contribution in [1.82, 2.24) is 10.6 Å². The average Bonchev–Trinajstić information content (AvgIpc) is 2.97. The first-order chi connectivity index (χ1) is 18.5. The van der Waals surface area contributed by atoms with Crippen LogP contribution in [-0.2, 0) is 21.5 Å². The Morgan fingerprint density at radius 3 is 1.79 bits per heavy atom.